The Hall–Kier alpha value is -2.49. The Labute approximate surface area is 117 Å². The van der Waals surface area contributed by atoms with Gasteiger partial charge in [-0.25, -0.2) is 0 Å². The van der Waals surface area contributed by atoms with Crippen LogP contribution < -0.4 is 9.47 Å². The number of ether oxygens (including phenoxy) is 2. The lowest BCUT2D eigenvalue weighted by molar-refractivity contribution is 0.0482. The second-order valence-electron chi connectivity index (χ2n) is 4.50. The van der Waals surface area contributed by atoms with Crippen molar-refractivity contribution in [1.29, 1.82) is 0 Å². The Morgan fingerprint density at radius 3 is 2.65 bits per heavy atom. The molecule has 2 aromatic rings. The molecule has 4 heteroatoms. The van der Waals surface area contributed by atoms with Gasteiger partial charge in [0.1, 0.15) is 18.1 Å². The van der Waals surface area contributed by atoms with E-state index >= 15 is 0 Å². The van der Waals surface area contributed by atoms with Crippen molar-refractivity contribution in [2.75, 3.05) is 19.9 Å². The highest BCUT2D eigenvalue weighted by molar-refractivity contribution is 5.97. The molecule has 0 radical (unpaired) electrons. The van der Waals surface area contributed by atoms with E-state index in [0.717, 1.165) is 5.75 Å². The van der Waals surface area contributed by atoms with Crippen molar-refractivity contribution in [2.45, 2.75) is 0 Å². The summed E-state index contributed by atoms with van der Waals surface area (Å²) < 4.78 is 11.2. The van der Waals surface area contributed by atoms with E-state index in [1.165, 1.54) is 0 Å². The average molecular weight is 269 g/mol. The Bertz CT molecular complexity index is 598. The van der Waals surface area contributed by atoms with Gasteiger partial charge in [-0.2, -0.15) is 0 Å². The third-order valence-corrected chi connectivity index (χ3v) is 3.15. The minimum atomic E-state index is -0.0106. The highest BCUT2D eigenvalue weighted by Gasteiger charge is 2.24. The van der Waals surface area contributed by atoms with Gasteiger partial charge in [0.2, 0.25) is 0 Å². The number of rotatable bonds is 4. The Kier molecular flexibility index (Phi) is 3.54. The van der Waals surface area contributed by atoms with E-state index in [-0.39, 0.29) is 12.6 Å². The van der Waals surface area contributed by atoms with Crippen molar-refractivity contribution in [3.63, 3.8) is 0 Å². The van der Waals surface area contributed by atoms with Crippen LogP contribution in [-0.2, 0) is 0 Å². The van der Waals surface area contributed by atoms with Crippen LogP contribution in [0, 0.1) is 0 Å². The summed E-state index contributed by atoms with van der Waals surface area (Å²) in [6.45, 7) is 1.22. The monoisotopic (exact) mass is 269 g/mol. The maximum absolute atomic E-state index is 12.2. The van der Waals surface area contributed by atoms with Crippen molar-refractivity contribution < 1.29 is 14.3 Å². The summed E-state index contributed by atoms with van der Waals surface area (Å²) in [6.07, 6.45) is 0. The molecule has 0 unspecified atom stereocenters. The first-order valence-electron chi connectivity index (χ1n) is 6.53. The van der Waals surface area contributed by atoms with Gasteiger partial charge in [-0.3, -0.25) is 4.79 Å². The largest absolute Gasteiger partial charge is 0.492 e. The molecular formula is C16H15NO3. The predicted molar refractivity (Wildman–Crippen MR) is 74.9 cm³/mol. The molecule has 0 bridgehead atoms. The van der Waals surface area contributed by atoms with Gasteiger partial charge in [-0.05, 0) is 24.3 Å². The summed E-state index contributed by atoms with van der Waals surface area (Å²) in [5.74, 6) is 1.44. The SMILES string of the molecule is O=C1c2ccccc2OCN1CCOc1ccccc1. The summed E-state index contributed by atoms with van der Waals surface area (Å²) >= 11 is 0. The van der Waals surface area contributed by atoms with Crippen molar-refractivity contribution in [3.8, 4) is 11.5 Å². The molecule has 0 aliphatic carbocycles. The first kappa shape index (κ1) is 12.5. The van der Waals surface area contributed by atoms with Crippen molar-refractivity contribution in [3.05, 3.63) is 60.2 Å². The molecule has 1 aliphatic rings. The van der Waals surface area contributed by atoms with Crippen LogP contribution in [0.2, 0.25) is 0 Å². The molecule has 1 amide bonds. The molecule has 2 aromatic carbocycles. The second kappa shape index (κ2) is 5.65. The predicted octanol–water partition coefficient (Wildman–Crippen LogP) is 2.56. The van der Waals surface area contributed by atoms with Crippen LogP contribution in [0.3, 0.4) is 0 Å². The first-order chi connectivity index (χ1) is 9.84. The molecular weight excluding hydrogens is 254 g/mol. The van der Waals surface area contributed by atoms with Gasteiger partial charge in [-0.1, -0.05) is 30.3 Å². The zero-order valence-electron chi connectivity index (χ0n) is 11.0. The molecule has 0 atom stereocenters. The molecule has 1 aliphatic heterocycles. The van der Waals surface area contributed by atoms with Crippen molar-refractivity contribution >= 4 is 5.91 Å². The number of carbonyl (C=O) groups excluding carboxylic acids is 1. The second-order valence-corrected chi connectivity index (χ2v) is 4.50. The fraction of sp³-hybridized carbons (Fsp3) is 0.188. The quantitative estimate of drug-likeness (QED) is 0.856. The van der Waals surface area contributed by atoms with Gasteiger partial charge in [0, 0.05) is 0 Å². The highest BCUT2D eigenvalue weighted by atomic mass is 16.5. The van der Waals surface area contributed by atoms with E-state index in [0.29, 0.717) is 24.5 Å². The van der Waals surface area contributed by atoms with E-state index < -0.39 is 0 Å². The summed E-state index contributed by atoms with van der Waals surface area (Å²) in [5, 5.41) is 0. The van der Waals surface area contributed by atoms with Gasteiger partial charge in [0.25, 0.3) is 5.91 Å². The minimum Gasteiger partial charge on any atom is -0.492 e. The zero-order chi connectivity index (χ0) is 13.8. The maximum atomic E-state index is 12.2. The molecule has 0 spiro atoms. The van der Waals surface area contributed by atoms with Crippen LogP contribution in [0.5, 0.6) is 11.5 Å². The lowest BCUT2D eigenvalue weighted by Gasteiger charge is -2.28. The number of amides is 1. The molecule has 0 aromatic heterocycles. The maximum Gasteiger partial charge on any atom is 0.260 e. The minimum absolute atomic E-state index is 0.0106. The van der Waals surface area contributed by atoms with Gasteiger partial charge in [-0.15, -0.1) is 0 Å². The van der Waals surface area contributed by atoms with Crippen LogP contribution in [0.25, 0.3) is 0 Å². The van der Waals surface area contributed by atoms with E-state index in [9.17, 15) is 4.79 Å². The fourth-order valence-corrected chi connectivity index (χ4v) is 2.10. The number of hydrogen-bond acceptors (Lipinski definition) is 3. The normalized spacial score (nSPS) is 13.6. The molecule has 3 rings (SSSR count). The van der Waals surface area contributed by atoms with Crippen molar-refractivity contribution in [2.24, 2.45) is 0 Å². The molecule has 102 valence electrons. The molecule has 0 saturated heterocycles. The molecule has 1 heterocycles. The lowest BCUT2D eigenvalue weighted by Crippen LogP contribution is -2.40. The number of fused-ring (bicyclic) bond motifs is 1. The topological polar surface area (TPSA) is 38.8 Å². The van der Waals surface area contributed by atoms with Crippen LogP contribution >= 0.6 is 0 Å². The first-order valence-corrected chi connectivity index (χ1v) is 6.53. The number of hydrogen-bond donors (Lipinski definition) is 0. The lowest BCUT2D eigenvalue weighted by atomic mass is 10.1. The Morgan fingerprint density at radius 2 is 1.80 bits per heavy atom. The van der Waals surface area contributed by atoms with Gasteiger partial charge in [0.05, 0.1) is 12.1 Å². The number of nitrogens with zero attached hydrogens (tertiary/aromatic N) is 1. The number of benzene rings is 2. The molecule has 0 N–H and O–H groups in total. The molecule has 0 fully saturated rings. The Morgan fingerprint density at radius 1 is 1.05 bits per heavy atom. The summed E-state index contributed by atoms with van der Waals surface area (Å²) in [4.78, 5) is 13.9. The third-order valence-electron chi connectivity index (χ3n) is 3.15. The molecule has 0 saturated carbocycles. The molecule has 20 heavy (non-hydrogen) atoms. The summed E-state index contributed by atoms with van der Waals surface area (Å²) in [6, 6.07) is 16.8. The standard InChI is InChI=1S/C16H15NO3/c18-16-14-8-4-5-9-15(14)20-12-17(16)10-11-19-13-6-2-1-3-7-13/h1-9H,10-12H2. The van der Waals surface area contributed by atoms with E-state index in [1.807, 2.05) is 48.5 Å². The third kappa shape index (κ3) is 2.59. The zero-order valence-corrected chi connectivity index (χ0v) is 11.0. The van der Waals surface area contributed by atoms with Crippen LogP contribution in [0.1, 0.15) is 10.4 Å². The fourth-order valence-electron chi connectivity index (χ4n) is 2.10. The van der Waals surface area contributed by atoms with Crippen LogP contribution in [-0.4, -0.2) is 30.7 Å². The van der Waals surface area contributed by atoms with Gasteiger partial charge < -0.3 is 14.4 Å². The summed E-state index contributed by atoms with van der Waals surface area (Å²) in [7, 11) is 0. The van der Waals surface area contributed by atoms with E-state index in [4.69, 9.17) is 9.47 Å². The van der Waals surface area contributed by atoms with Gasteiger partial charge >= 0.3 is 0 Å². The van der Waals surface area contributed by atoms with Crippen LogP contribution in [0.4, 0.5) is 0 Å². The van der Waals surface area contributed by atoms with Crippen molar-refractivity contribution in [1.82, 2.24) is 4.90 Å². The molecule has 4 nitrogen and oxygen atoms in total. The van der Waals surface area contributed by atoms with E-state index in [1.54, 1.807) is 11.0 Å². The average Bonchev–Trinajstić information content (AvgIpc) is 2.51. The van der Waals surface area contributed by atoms with Crippen LogP contribution in [0.15, 0.2) is 54.6 Å². The smallest absolute Gasteiger partial charge is 0.260 e. The van der Waals surface area contributed by atoms with Gasteiger partial charge in [0.15, 0.2) is 6.73 Å². The Balaban J connectivity index is 1.58. The number of carbonyl (C=O) groups is 1. The highest BCUT2D eigenvalue weighted by Crippen LogP contribution is 2.23. The number of para-hydroxylation sites is 2. The summed E-state index contributed by atoms with van der Waals surface area (Å²) in [5.41, 5.74) is 0.610. The van der Waals surface area contributed by atoms with E-state index in [2.05, 4.69) is 0 Å².